The van der Waals surface area contributed by atoms with Crippen molar-refractivity contribution in [2.45, 2.75) is 50.0 Å². The van der Waals surface area contributed by atoms with Gasteiger partial charge in [-0.25, -0.2) is 22.9 Å². The molecule has 1 N–H and O–H groups in total. The number of sulfonamides is 1. The molecule has 1 spiro atoms. The van der Waals surface area contributed by atoms with Crippen LogP contribution in [0, 0.1) is 5.92 Å². The maximum absolute atomic E-state index is 13.2. The molecular formula is C23H32N4O6S. The highest BCUT2D eigenvalue weighted by molar-refractivity contribution is 7.89. The molecule has 0 aromatic heterocycles. The van der Waals surface area contributed by atoms with Crippen LogP contribution < -0.4 is 5.32 Å². The summed E-state index contributed by atoms with van der Waals surface area (Å²) in [5, 5.41) is 2.95. The van der Waals surface area contributed by atoms with E-state index in [1.807, 2.05) is 11.8 Å². The summed E-state index contributed by atoms with van der Waals surface area (Å²) in [6, 6.07) is 5.34. The number of rotatable bonds is 6. The molecule has 1 aliphatic carbocycles. The third-order valence-corrected chi connectivity index (χ3v) is 9.09. The number of hydrogen-bond donors (Lipinski definition) is 1. The molecule has 4 rings (SSSR count). The summed E-state index contributed by atoms with van der Waals surface area (Å²) in [4.78, 5) is 40.9. The van der Waals surface area contributed by atoms with Crippen LogP contribution >= 0.6 is 0 Å². The van der Waals surface area contributed by atoms with E-state index in [2.05, 4.69) is 5.32 Å². The number of ether oxygens (including phenoxy) is 1. The molecule has 0 radical (unpaired) electrons. The second-order valence-electron chi connectivity index (χ2n) is 9.19. The largest absolute Gasteiger partial charge is 0.462 e. The van der Waals surface area contributed by atoms with Crippen LogP contribution in [0.4, 0.5) is 4.79 Å². The fourth-order valence-electron chi connectivity index (χ4n) is 5.06. The standard InChI is InChI=1S/C23H32N4O6S/c1-3-33-20(28)18-7-9-19(10-8-18)34(31,32)26-14-12-25(13-15-26)16-27-21(29)23(24-22(27)30)11-5-4-6-17(23)2/h7-10,17H,3-6,11-16H2,1-2H3,(H,24,30)/t17-,23-/m0/s1. The van der Waals surface area contributed by atoms with Gasteiger partial charge in [0.15, 0.2) is 0 Å². The number of benzene rings is 1. The number of urea groups is 1. The molecule has 3 fully saturated rings. The zero-order valence-electron chi connectivity index (χ0n) is 19.7. The molecule has 1 aromatic carbocycles. The Hall–Kier alpha value is -2.50. The minimum Gasteiger partial charge on any atom is -0.462 e. The van der Waals surface area contributed by atoms with E-state index in [1.54, 1.807) is 6.92 Å². The Morgan fingerprint density at radius 2 is 1.79 bits per heavy atom. The van der Waals surface area contributed by atoms with Gasteiger partial charge >= 0.3 is 12.0 Å². The van der Waals surface area contributed by atoms with Crippen LogP contribution in [-0.2, 0) is 19.6 Å². The van der Waals surface area contributed by atoms with Gasteiger partial charge in [0.1, 0.15) is 5.54 Å². The predicted octanol–water partition coefficient (Wildman–Crippen LogP) is 1.63. The van der Waals surface area contributed by atoms with Gasteiger partial charge in [-0.3, -0.25) is 9.69 Å². The molecule has 3 amide bonds. The number of amides is 3. The molecule has 2 heterocycles. The van der Waals surface area contributed by atoms with Gasteiger partial charge in [0.05, 0.1) is 23.7 Å². The normalized spacial score (nSPS) is 26.6. The van der Waals surface area contributed by atoms with Crippen molar-refractivity contribution in [3.8, 4) is 0 Å². The number of nitrogens with zero attached hydrogens (tertiary/aromatic N) is 3. The molecule has 1 saturated carbocycles. The van der Waals surface area contributed by atoms with Crippen molar-refractivity contribution in [3.05, 3.63) is 29.8 Å². The van der Waals surface area contributed by atoms with Crippen molar-refractivity contribution in [2.75, 3.05) is 39.5 Å². The first-order valence-corrected chi connectivity index (χ1v) is 13.3. The SMILES string of the molecule is CCOC(=O)c1ccc(S(=O)(=O)N2CCN(CN3C(=O)N[C@]4(CCCC[C@@H]4C)C3=O)CC2)cc1. The average Bonchev–Trinajstić information content (AvgIpc) is 3.06. The van der Waals surface area contributed by atoms with Crippen molar-refractivity contribution >= 4 is 27.9 Å². The van der Waals surface area contributed by atoms with Crippen LogP contribution in [0.25, 0.3) is 0 Å². The number of carbonyl (C=O) groups is 3. The van der Waals surface area contributed by atoms with Gasteiger partial charge in [0.25, 0.3) is 5.91 Å². The van der Waals surface area contributed by atoms with Crippen LogP contribution in [0.5, 0.6) is 0 Å². The monoisotopic (exact) mass is 492 g/mol. The van der Waals surface area contributed by atoms with Crippen LogP contribution in [0.1, 0.15) is 49.9 Å². The Morgan fingerprint density at radius 1 is 1.12 bits per heavy atom. The minimum atomic E-state index is -3.72. The summed E-state index contributed by atoms with van der Waals surface area (Å²) < 4.78 is 32.4. The van der Waals surface area contributed by atoms with Crippen LogP contribution in [0.2, 0.25) is 0 Å². The molecular weight excluding hydrogens is 460 g/mol. The van der Waals surface area contributed by atoms with E-state index in [9.17, 15) is 22.8 Å². The summed E-state index contributed by atoms with van der Waals surface area (Å²) >= 11 is 0. The maximum Gasteiger partial charge on any atom is 0.338 e. The number of esters is 1. The maximum atomic E-state index is 13.2. The Bertz CT molecular complexity index is 1050. The molecule has 1 aromatic rings. The Kier molecular flexibility index (Phi) is 6.97. The van der Waals surface area contributed by atoms with Gasteiger partial charge in [0.2, 0.25) is 10.0 Å². The molecule has 2 atom stereocenters. The molecule has 2 aliphatic heterocycles. The van der Waals surface area contributed by atoms with Crippen molar-refractivity contribution in [1.29, 1.82) is 0 Å². The fourth-order valence-corrected chi connectivity index (χ4v) is 6.48. The average molecular weight is 493 g/mol. The first-order chi connectivity index (χ1) is 16.2. The van der Waals surface area contributed by atoms with E-state index in [1.165, 1.54) is 33.5 Å². The van der Waals surface area contributed by atoms with E-state index in [4.69, 9.17) is 4.74 Å². The highest BCUT2D eigenvalue weighted by atomic mass is 32.2. The summed E-state index contributed by atoms with van der Waals surface area (Å²) in [6.45, 7) is 5.41. The third-order valence-electron chi connectivity index (χ3n) is 7.18. The number of imide groups is 1. The molecule has 186 valence electrons. The van der Waals surface area contributed by atoms with Gasteiger partial charge in [-0.15, -0.1) is 0 Å². The molecule has 0 bridgehead atoms. The van der Waals surface area contributed by atoms with E-state index in [0.29, 0.717) is 25.1 Å². The molecule has 3 aliphatic rings. The zero-order chi connectivity index (χ0) is 24.5. The van der Waals surface area contributed by atoms with Gasteiger partial charge in [-0.2, -0.15) is 4.31 Å². The smallest absolute Gasteiger partial charge is 0.338 e. The molecule has 34 heavy (non-hydrogen) atoms. The third kappa shape index (κ3) is 4.44. The minimum absolute atomic E-state index is 0.0971. The Balaban J connectivity index is 1.36. The molecule has 2 saturated heterocycles. The molecule has 10 nitrogen and oxygen atoms in total. The van der Waals surface area contributed by atoms with Crippen molar-refractivity contribution in [1.82, 2.24) is 19.4 Å². The van der Waals surface area contributed by atoms with Gasteiger partial charge in [-0.1, -0.05) is 19.8 Å². The quantitative estimate of drug-likeness (QED) is 0.474. The predicted molar refractivity (Wildman–Crippen MR) is 123 cm³/mol. The highest BCUT2D eigenvalue weighted by Crippen LogP contribution is 2.38. The lowest BCUT2D eigenvalue weighted by molar-refractivity contribution is -0.135. The van der Waals surface area contributed by atoms with Crippen LogP contribution in [0.15, 0.2) is 29.2 Å². The van der Waals surface area contributed by atoms with E-state index in [-0.39, 0.29) is 49.1 Å². The van der Waals surface area contributed by atoms with E-state index >= 15 is 0 Å². The second-order valence-corrected chi connectivity index (χ2v) is 11.1. The summed E-state index contributed by atoms with van der Waals surface area (Å²) in [5.41, 5.74) is -0.500. The summed E-state index contributed by atoms with van der Waals surface area (Å²) in [6.07, 6.45) is 3.56. The Labute approximate surface area is 200 Å². The van der Waals surface area contributed by atoms with Gasteiger partial charge in [0, 0.05) is 26.2 Å². The summed E-state index contributed by atoms with van der Waals surface area (Å²) in [7, 11) is -3.72. The lowest BCUT2D eigenvalue weighted by Gasteiger charge is -2.38. The lowest BCUT2D eigenvalue weighted by atomic mass is 9.73. The Morgan fingerprint density at radius 3 is 2.41 bits per heavy atom. The van der Waals surface area contributed by atoms with Crippen molar-refractivity contribution in [2.24, 2.45) is 5.92 Å². The zero-order valence-corrected chi connectivity index (χ0v) is 20.5. The fraction of sp³-hybridized carbons (Fsp3) is 0.609. The number of nitrogens with one attached hydrogen (secondary N) is 1. The summed E-state index contributed by atoms with van der Waals surface area (Å²) in [5.74, 6) is -0.564. The highest BCUT2D eigenvalue weighted by Gasteiger charge is 2.55. The van der Waals surface area contributed by atoms with Gasteiger partial charge in [-0.05, 0) is 49.9 Å². The van der Waals surface area contributed by atoms with Crippen molar-refractivity contribution in [3.63, 3.8) is 0 Å². The number of carbonyl (C=O) groups excluding carboxylic acids is 3. The number of hydrogen-bond acceptors (Lipinski definition) is 7. The first-order valence-electron chi connectivity index (χ1n) is 11.8. The van der Waals surface area contributed by atoms with Crippen LogP contribution in [0.3, 0.4) is 0 Å². The van der Waals surface area contributed by atoms with E-state index in [0.717, 1.165) is 19.3 Å². The molecule has 0 unspecified atom stereocenters. The van der Waals surface area contributed by atoms with Gasteiger partial charge < -0.3 is 10.1 Å². The number of piperazine rings is 1. The molecule has 11 heteroatoms. The van der Waals surface area contributed by atoms with E-state index < -0.39 is 21.5 Å². The van der Waals surface area contributed by atoms with Crippen LogP contribution in [-0.4, -0.2) is 85.4 Å². The lowest BCUT2D eigenvalue weighted by Crippen LogP contribution is -2.55. The first kappa shape index (κ1) is 24.6. The van der Waals surface area contributed by atoms with Crippen molar-refractivity contribution < 1.29 is 27.5 Å². The topological polar surface area (TPSA) is 116 Å². The second kappa shape index (κ2) is 9.63.